The van der Waals surface area contributed by atoms with Crippen molar-refractivity contribution in [1.82, 2.24) is 14.5 Å². The van der Waals surface area contributed by atoms with Gasteiger partial charge in [0.15, 0.2) is 0 Å². The molecule has 0 aliphatic carbocycles. The first kappa shape index (κ1) is 46.4. The van der Waals surface area contributed by atoms with Gasteiger partial charge >= 0.3 is 0 Å². The molecule has 64 heavy (non-hydrogen) atoms. The molecular weight excluding hydrogens is 962 g/mol. The minimum atomic E-state index is -0.312. The number of benzene rings is 6. The van der Waals surface area contributed by atoms with Gasteiger partial charge in [0.05, 0.1) is 16.6 Å². The quantitative estimate of drug-likeness (QED) is 0.154. The maximum atomic E-state index is 12.5. The molecule has 0 fully saturated rings. The van der Waals surface area contributed by atoms with Crippen LogP contribution in [0.1, 0.15) is 104 Å². The second kappa shape index (κ2) is 17.8. The Hall–Kier alpha value is -5.57. The first-order valence-electron chi connectivity index (χ1n) is 22.5. The van der Waals surface area contributed by atoms with E-state index in [2.05, 4.69) is 221 Å². The second-order valence-electron chi connectivity index (χ2n) is 20.9. The van der Waals surface area contributed by atoms with E-state index in [1.165, 1.54) is 27.8 Å². The molecule has 8 rings (SSSR count). The van der Waals surface area contributed by atoms with Crippen LogP contribution in [0.2, 0.25) is 0 Å². The van der Waals surface area contributed by atoms with Crippen molar-refractivity contribution in [3.05, 3.63) is 167 Å². The number of phenols is 1. The van der Waals surface area contributed by atoms with E-state index in [1.54, 1.807) is 0 Å². The van der Waals surface area contributed by atoms with E-state index in [0.717, 1.165) is 73.3 Å². The van der Waals surface area contributed by atoms with Crippen molar-refractivity contribution in [2.75, 3.05) is 0 Å². The monoisotopic (exact) mass is 1020 g/mol. The number of aromatic nitrogens is 3. The molecule has 330 valence electrons. The summed E-state index contributed by atoms with van der Waals surface area (Å²) in [6.07, 6.45) is 2.82. The summed E-state index contributed by atoms with van der Waals surface area (Å²) in [6.45, 7) is 26.6. The zero-order chi connectivity index (χ0) is 45.0. The van der Waals surface area contributed by atoms with Gasteiger partial charge in [-0.1, -0.05) is 178 Å². The fraction of sp³-hybridized carbons (Fsp3) is 0.288. The van der Waals surface area contributed by atoms with Gasteiger partial charge < -0.3 is 5.11 Å². The summed E-state index contributed by atoms with van der Waals surface area (Å²) in [5, 5.41) is 12.5. The van der Waals surface area contributed by atoms with Crippen molar-refractivity contribution in [1.29, 1.82) is 0 Å². The zero-order valence-corrected chi connectivity index (χ0v) is 41.9. The Morgan fingerprint density at radius 2 is 1.28 bits per heavy atom. The molecule has 5 heteroatoms. The van der Waals surface area contributed by atoms with Gasteiger partial charge in [-0.05, 0) is 99.2 Å². The number of aryl methyl sites for hydroxylation is 1. The van der Waals surface area contributed by atoms with Gasteiger partial charge in [0, 0.05) is 44.2 Å². The Morgan fingerprint density at radius 3 is 1.94 bits per heavy atom. The molecule has 0 amide bonds. The molecule has 8 aromatic rings. The van der Waals surface area contributed by atoms with Crippen molar-refractivity contribution in [3.8, 4) is 67.5 Å². The van der Waals surface area contributed by atoms with Crippen molar-refractivity contribution < 1.29 is 26.2 Å². The molecule has 2 aromatic heterocycles. The summed E-state index contributed by atoms with van der Waals surface area (Å²) < 4.78 is 2.27. The Balaban J connectivity index is 0.00000612. The first-order chi connectivity index (χ1) is 29.8. The SMILES string of the molecule is Cc1ccc(-c2ccnc(-c3[c-]c(-c4cccc5c4nc(-c4cc(C(C)(C)C)cc(C(C)(C)C)c4O)n5-c4ccc(-c5ccccc5)c(CC(C)C)c4)cc(C(C)(C)C)c3)c2)cc1.[Pt]. The van der Waals surface area contributed by atoms with E-state index in [0.29, 0.717) is 11.7 Å². The van der Waals surface area contributed by atoms with Gasteiger partial charge in [0.25, 0.3) is 0 Å². The van der Waals surface area contributed by atoms with Crippen molar-refractivity contribution in [2.24, 2.45) is 5.92 Å². The van der Waals surface area contributed by atoms with Gasteiger partial charge in [-0.15, -0.1) is 29.3 Å². The Morgan fingerprint density at radius 1 is 0.609 bits per heavy atom. The molecular formula is C59H62N3OPt-. The third-order valence-corrected chi connectivity index (χ3v) is 12.2. The molecule has 0 aliphatic heterocycles. The van der Waals surface area contributed by atoms with Gasteiger partial charge in [0.1, 0.15) is 11.6 Å². The minimum Gasteiger partial charge on any atom is -0.507 e. The van der Waals surface area contributed by atoms with Crippen molar-refractivity contribution in [2.45, 2.75) is 106 Å². The van der Waals surface area contributed by atoms with Crippen LogP contribution in [0.25, 0.3) is 72.7 Å². The largest absolute Gasteiger partial charge is 0.507 e. The maximum absolute atomic E-state index is 12.5. The number of nitrogens with zero attached hydrogens (tertiary/aromatic N) is 3. The van der Waals surface area contributed by atoms with Crippen LogP contribution in [-0.4, -0.2) is 19.6 Å². The number of imidazole rings is 1. The number of aromatic hydroxyl groups is 1. The summed E-state index contributed by atoms with van der Waals surface area (Å²) in [5.74, 6) is 1.41. The topological polar surface area (TPSA) is 50.9 Å². The number of phenolic OH excluding ortho intramolecular Hbond substituents is 1. The van der Waals surface area contributed by atoms with Crippen LogP contribution in [0.3, 0.4) is 0 Å². The fourth-order valence-corrected chi connectivity index (χ4v) is 8.58. The smallest absolute Gasteiger partial charge is 0.148 e. The van der Waals surface area contributed by atoms with E-state index in [4.69, 9.17) is 9.97 Å². The zero-order valence-electron chi connectivity index (χ0n) is 39.6. The summed E-state index contributed by atoms with van der Waals surface area (Å²) in [5.41, 5.74) is 17.1. The molecule has 0 bridgehead atoms. The van der Waals surface area contributed by atoms with Gasteiger partial charge in [-0.2, -0.15) is 0 Å². The molecule has 0 saturated carbocycles. The average molecular weight is 1020 g/mol. The van der Waals surface area contributed by atoms with Gasteiger partial charge in [0.2, 0.25) is 0 Å². The Kier molecular flexibility index (Phi) is 12.9. The summed E-state index contributed by atoms with van der Waals surface area (Å²) in [4.78, 5) is 10.6. The number of para-hydroxylation sites is 1. The van der Waals surface area contributed by atoms with Crippen molar-refractivity contribution >= 4 is 11.0 Å². The van der Waals surface area contributed by atoms with Gasteiger partial charge in [-0.3, -0.25) is 9.55 Å². The molecule has 0 atom stereocenters. The van der Waals surface area contributed by atoms with Crippen LogP contribution < -0.4 is 0 Å². The van der Waals surface area contributed by atoms with Crippen LogP contribution in [0.5, 0.6) is 5.75 Å². The normalized spacial score (nSPS) is 12.2. The number of rotatable bonds is 8. The molecule has 0 radical (unpaired) electrons. The van der Waals surface area contributed by atoms with E-state index in [9.17, 15) is 5.11 Å². The summed E-state index contributed by atoms with van der Waals surface area (Å²) in [6, 6.07) is 49.5. The average Bonchev–Trinajstić information content (AvgIpc) is 3.62. The molecule has 0 unspecified atom stereocenters. The Bertz CT molecular complexity index is 2960. The maximum Gasteiger partial charge on any atom is 0.148 e. The van der Waals surface area contributed by atoms with Crippen LogP contribution in [-0.2, 0) is 43.7 Å². The third kappa shape index (κ3) is 9.45. The minimum absolute atomic E-state index is 0. The van der Waals surface area contributed by atoms with E-state index in [1.807, 2.05) is 6.20 Å². The molecule has 2 heterocycles. The summed E-state index contributed by atoms with van der Waals surface area (Å²) >= 11 is 0. The fourth-order valence-electron chi connectivity index (χ4n) is 8.58. The second-order valence-corrected chi connectivity index (χ2v) is 20.9. The molecule has 6 aromatic carbocycles. The first-order valence-corrected chi connectivity index (χ1v) is 22.5. The Labute approximate surface area is 396 Å². The van der Waals surface area contributed by atoms with Crippen LogP contribution in [0, 0.1) is 18.9 Å². The number of fused-ring (bicyclic) bond motifs is 1. The van der Waals surface area contributed by atoms with E-state index < -0.39 is 0 Å². The molecule has 4 nitrogen and oxygen atoms in total. The molecule has 0 saturated heterocycles. The van der Waals surface area contributed by atoms with Crippen LogP contribution in [0.15, 0.2) is 134 Å². The van der Waals surface area contributed by atoms with Gasteiger partial charge in [-0.25, -0.2) is 4.98 Å². The number of hydrogen-bond donors (Lipinski definition) is 1. The number of hydrogen-bond acceptors (Lipinski definition) is 3. The third-order valence-electron chi connectivity index (χ3n) is 12.2. The predicted octanol–water partition coefficient (Wildman–Crippen LogP) is 15.7. The molecule has 0 aliphatic rings. The van der Waals surface area contributed by atoms with E-state index in [-0.39, 0.29) is 43.1 Å². The molecule has 1 N–H and O–H groups in total. The predicted molar refractivity (Wildman–Crippen MR) is 266 cm³/mol. The number of pyridine rings is 1. The van der Waals surface area contributed by atoms with Crippen LogP contribution >= 0.6 is 0 Å². The summed E-state index contributed by atoms with van der Waals surface area (Å²) in [7, 11) is 0. The molecule has 0 spiro atoms. The van der Waals surface area contributed by atoms with E-state index >= 15 is 0 Å². The van der Waals surface area contributed by atoms with Crippen molar-refractivity contribution in [3.63, 3.8) is 0 Å². The standard InChI is InChI=1S/C59H62N3O.Pt/c1-37(2)29-42-33-47(25-26-48(42)40-17-14-13-15-18-40)62-53-20-16-19-49(54(53)61-56(62)50-35-46(58(7,8)9)36-51(55(50)63)59(10,11)12)43-30-44(32-45(31-43)57(4,5)6)52-34-41(27-28-60-52)39-23-21-38(3)22-24-39;/h13-28,31-37,63H,29H2,1-12H3;/q-1;. The van der Waals surface area contributed by atoms with Crippen LogP contribution in [0.4, 0.5) is 0 Å².